The second-order valence-corrected chi connectivity index (χ2v) is 31.2. The Hall–Kier alpha value is -12.5. The third-order valence-electron chi connectivity index (χ3n) is 24.6. The number of rotatable bonds is 8. The molecule has 0 nitrogen and oxygen atoms in total. The molecule has 0 saturated heterocycles. The van der Waals surface area contributed by atoms with E-state index in [0.717, 1.165) is 0 Å². The first kappa shape index (κ1) is 61.2. The van der Waals surface area contributed by atoms with E-state index < -0.39 is 0 Å². The van der Waals surface area contributed by atoms with Crippen LogP contribution in [0.1, 0.15) is 74.9 Å². The molecule has 0 heteroatoms. The first-order chi connectivity index (χ1) is 51.4. The fourth-order valence-corrected chi connectivity index (χ4v) is 19.7. The average Bonchev–Trinajstić information content (AvgIpc) is 0.906. The van der Waals surface area contributed by atoms with E-state index in [-0.39, 0.29) is 16.2 Å². The van der Waals surface area contributed by atoms with Crippen molar-refractivity contribution in [2.24, 2.45) is 0 Å². The van der Waals surface area contributed by atoms with Crippen LogP contribution in [0.15, 0.2) is 340 Å². The van der Waals surface area contributed by atoms with Crippen molar-refractivity contribution in [2.45, 2.75) is 57.8 Å². The molecule has 0 bridgehead atoms. The largest absolute Gasteiger partial charge is 0.0622 e. The monoisotopic (exact) mass is 1330 g/mol. The fourth-order valence-electron chi connectivity index (χ4n) is 19.7. The molecule has 0 heterocycles. The van der Waals surface area contributed by atoms with E-state index in [1.54, 1.807) is 0 Å². The smallest absolute Gasteiger partial charge is 0.0159 e. The molecule has 0 radical (unpaired) electrons. The van der Waals surface area contributed by atoms with Crippen LogP contribution in [0.4, 0.5) is 0 Å². The number of hydrogen-bond donors (Lipinski definition) is 0. The highest BCUT2D eigenvalue weighted by Crippen LogP contribution is 2.58. The summed E-state index contributed by atoms with van der Waals surface area (Å²) in [5.74, 6) is 0. The van der Waals surface area contributed by atoms with Crippen molar-refractivity contribution in [3.63, 3.8) is 0 Å². The van der Waals surface area contributed by atoms with Gasteiger partial charge >= 0.3 is 0 Å². The highest BCUT2D eigenvalue weighted by molar-refractivity contribution is 6.31. The van der Waals surface area contributed by atoms with Crippen molar-refractivity contribution in [1.82, 2.24) is 0 Å². The Balaban J connectivity index is 0.658. The third-order valence-corrected chi connectivity index (χ3v) is 24.6. The molecule has 0 N–H and O–H groups in total. The quantitative estimate of drug-likeness (QED) is 0.133. The molecule has 494 valence electrons. The predicted octanol–water partition coefficient (Wildman–Crippen LogP) is 28.9. The summed E-state index contributed by atoms with van der Waals surface area (Å²) >= 11 is 0. The first-order valence-electron chi connectivity index (χ1n) is 37.3. The minimum absolute atomic E-state index is 0.113. The fraction of sp³-hybridized carbons (Fsp3) is 0.0857. The van der Waals surface area contributed by atoms with Crippen LogP contribution in [0.2, 0.25) is 0 Å². The molecule has 0 amide bonds. The lowest BCUT2D eigenvalue weighted by atomic mass is 9.78. The molecule has 0 fully saturated rings. The van der Waals surface area contributed by atoms with Gasteiger partial charge in [-0.2, -0.15) is 0 Å². The van der Waals surface area contributed by atoms with E-state index in [1.807, 2.05) is 0 Å². The number of hydrogen-bond acceptors (Lipinski definition) is 0. The van der Waals surface area contributed by atoms with Gasteiger partial charge in [-0.05, 0) is 251 Å². The maximum atomic E-state index is 2.54. The second kappa shape index (κ2) is 22.8. The zero-order valence-corrected chi connectivity index (χ0v) is 59.8. The maximum Gasteiger partial charge on any atom is 0.0159 e. The van der Waals surface area contributed by atoms with Gasteiger partial charge in [-0.15, -0.1) is 0 Å². The summed E-state index contributed by atoms with van der Waals surface area (Å²) in [7, 11) is 0. The van der Waals surface area contributed by atoms with Gasteiger partial charge in [0.2, 0.25) is 0 Å². The molecule has 21 rings (SSSR count). The van der Waals surface area contributed by atoms with Crippen LogP contribution in [0.5, 0.6) is 0 Å². The summed E-state index contributed by atoms with van der Waals surface area (Å²) in [6.45, 7) is 14.5. The van der Waals surface area contributed by atoms with Crippen LogP contribution in [0.3, 0.4) is 0 Å². The zero-order valence-electron chi connectivity index (χ0n) is 59.8. The molecule has 3 aliphatic rings. The van der Waals surface area contributed by atoms with Crippen molar-refractivity contribution in [1.29, 1.82) is 0 Å². The van der Waals surface area contributed by atoms with Crippen molar-refractivity contribution >= 4 is 64.6 Å². The molecule has 0 aliphatic heterocycles. The third kappa shape index (κ3) is 8.87. The van der Waals surface area contributed by atoms with Gasteiger partial charge in [0.1, 0.15) is 0 Å². The molecule has 0 atom stereocenters. The van der Waals surface area contributed by atoms with E-state index in [0.29, 0.717) is 0 Å². The standard InChI is InChI=1S/C105H74/c1-103(2)89-47-25-24-34-73(89)74-55-50-68(60-92(74)103)95-79-35-16-20-39-83(79)101(84-40-21-17-36-80(84)95)102-85-41-22-18-37-81(85)96(82-38-19-23-42-86(82)102)69-51-56-77-75-53-48-66(58-90(75)104(3,4)93(77)61-69)67-49-54-76-78-57-52-70(62-94(78)105(5,6)91(76)59-67)97-87-45-26-43-71(63-28-10-7-11-29-63)99(87)98(65-32-14-9-15-33-65)100-72(44-27-46-88(97)100)64-30-12-8-13-31-64/h7-62H,1-6H3. The summed E-state index contributed by atoms with van der Waals surface area (Å²) in [6, 6.07) is 129. The number of fused-ring (bicyclic) bond motifs is 15. The molecule has 105 heavy (non-hydrogen) atoms. The summed E-state index contributed by atoms with van der Waals surface area (Å²) in [5.41, 5.74) is 35.5. The van der Waals surface area contributed by atoms with Crippen LogP contribution < -0.4 is 0 Å². The van der Waals surface area contributed by atoms with E-state index in [1.165, 1.54) is 220 Å². The summed E-state index contributed by atoms with van der Waals surface area (Å²) in [5, 5.41) is 15.1. The van der Waals surface area contributed by atoms with E-state index in [2.05, 4.69) is 381 Å². The maximum absolute atomic E-state index is 2.54. The molecule has 0 spiro atoms. The SMILES string of the molecule is CC1(C)c2ccccc2-c2ccc(-c3c4ccccc4c(-c4c5ccccc5c(-c5ccc6c(c5)C(C)(C)c5cc(-c7ccc8c(c7)C(C)(C)c7cc(-c9c%10cccc(-c%11ccccc%11)c%10c(-c%10ccccc%10)c%10c(-c%11ccccc%11)cccc9%10)ccc7-8)ccc5-6)c5ccccc45)c4ccccc34)cc21. The molecular formula is C105H74. The number of benzene rings is 18. The van der Waals surface area contributed by atoms with Crippen LogP contribution in [0, 0.1) is 0 Å². The predicted molar refractivity (Wildman–Crippen MR) is 448 cm³/mol. The van der Waals surface area contributed by atoms with Crippen molar-refractivity contribution in [2.75, 3.05) is 0 Å². The van der Waals surface area contributed by atoms with Gasteiger partial charge in [-0.3, -0.25) is 0 Å². The summed E-state index contributed by atoms with van der Waals surface area (Å²) in [4.78, 5) is 0. The van der Waals surface area contributed by atoms with E-state index in [9.17, 15) is 0 Å². The van der Waals surface area contributed by atoms with Gasteiger partial charge in [0, 0.05) is 16.2 Å². The van der Waals surface area contributed by atoms with Gasteiger partial charge in [-0.25, -0.2) is 0 Å². The van der Waals surface area contributed by atoms with Crippen molar-refractivity contribution in [3.05, 3.63) is 373 Å². The van der Waals surface area contributed by atoms with Crippen LogP contribution in [-0.2, 0) is 16.2 Å². The minimum Gasteiger partial charge on any atom is -0.0622 e. The normalized spacial score (nSPS) is 14.0. The van der Waals surface area contributed by atoms with Crippen LogP contribution in [0.25, 0.3) is 187 Å². The van der Waals surface area contributed by atoms with Gasteiger partial charge in [0.05, 0.1) is 0 Å². The van der Waals surface area contributed by atoms with Crippen LogP contribution >= 0.6 is 0 Å². The summed E-state index contributed by atoms with van der Waals surface area (Å²) in [6.07, 6.45) is 0. The van der Waals surface area contributed by atoms with Gasteiger partial charge in [-0.1, -0.05) is 351 Å². The van der Waals surface area contributed by atoms with Crippen molar-refractivity contribution < 1.29 is 0 Å². The highest BCUT2D eigenvalue weighted by atomic mass is 14.4. The topological polar surface area (TPSA) is 0 Å². The van der Waals surface area contributed by atoms with Gasteiger partial charge in [0.15, 0.2) is 0 Å². The molecule has 0 unspecified atom stereocenters. The molecule has 0 aromatic heterocycles. The average molecular weight is 1340 g/mol. The Labute approximate surface area is 613 Å². The van der Waals surface area contributed by atoms with Crippen molar-refractivity contribution in [3.8, 4) is 122 Å². The zero-order chi connectivity index (χ0) is 70.2. The molecule has 18 aromatic carbocycles. The molecular weight excluding hydrogens is 1260 g/mol. The Morgan fingerprint density at radius 1 is 0.143 bits per heavy atom. The molecule has 3 aliphatic carbocycles. The van der Waals surface area contributed by atoms with Crippen LogP contribution in [-0.4, -0.2) is 0 Å². The lowest BCUT2D eigenvalue weighted by Gasteiger charge is -2.25. The molecule has 0 saturated carbocycles. The van der Waals surface area contributed by atoms with E-state index in [4.69, 9.17) is 0 Å². The van der Waals surface area contributed by atoms with Gasteiger partial charge < -0.3 is 0 Å². The van der Waals surface area contributed by atoms with E-state index >= 15 is 0 Å². The Morgan fingerprint density at radius 2 is 0.381 bits per heavy atom. The second-order valence-electron chi connectivity index (χ2n) is 31.2. The Morgan fingerprint density at radius 3 is 0.733 bits per heavy atom. The Kier molecular flexibility index (Phi) is 13.3. The minimum atomic E-state index is -0.285. The first-order valence-corrected chi connectivity index (χ1v) is 37.3. The summed E-state index contributed by atoms with van der Waals surface area (Å²) < 4.78 is 0. The lowest BCUT2D eigenvalue weighted by Crippen LogP contribution is -2.15. The van der Waals surface area contributed by atoms with Gasteiger partial charge in [0.25, 0.3) is 0 Å². The molecule has 18 aromatic rings. The lowest BCUT2D eigenvalue weighted by molar-refractivity contribution is 0.660. The highest BCUT2D eigenvalue weighted by Gasteiger charge is 2.40. The Bertz CT molecular complexity index is 6540.